The molecule has 0 spiro atoms. The molecule has 4 nitrogen and oxygen atoms in total. The Morgan fingerprint density at radius 2 is 2.22 bits per heavy atom. The van der Waals surface area contributed by atoms with Crippen LogP contribution in [0.15, 0.2) is 24.3 Å². The molecule has 2 N–H and O–H groups in total. The second-order valence-corrected chi connectivity index (χ2v) is 4.32. The normalized spacial score (nSPS) is 10.3. The Morgan fingerprint density at radius 3 is 2.83 bits per heavy atom. The summed E-state index contributed by atoms with van der Waals surface area (Å²) in [5.41, 5.74) is 9.31. The Kier molecular flexibility index (Phi) is 3.33. The third-order valence-corrected chi connectivity index (χ3v) is 2.84. The van der Waals surface area contributed by atoms with Crippen LogP contribution in [0.2, 0.25) is 0 Å². The molecule has 2 rings (SSSR count). The van der Waals surface area contributed by atoms with E-state index >= 15 is 0 Å². The molecular formula is C14H16N4. The second kappa shape index (κ2) is 4.92. The van der Waals surface area contributed by atoms with Gasteiger partial charge in [-0.25, -0.2) is 4.68 Å². The van der Waals surface area contributed by atoms with Gasteiger partial charge < -0.3 is 5.73 Å². The average Bonchev–Trinajstić information content (AvgIpc) is 2.66. The van der Waals surface area contributed by atoms with Gasteiger partial charge in [0, 0.05) is 0 Å². The summed E-state index contributed by atoms with van der Waals surface area (Å²) >= 11 is 0. The van der Waals surface area contributed by atoms with Gasteiger partial charge in [-0.15, -0.1) is 0 Å². The third kappa shape index (κ3) is 2.07. The van der Waals surface area contributed by atoms with Gasteiger partial charge in [-0.3, -0.25) is 0 Å². The summed E-state index contributed by atoms with van der Waals surface area (Å²) in [6.45, 7) is 4.07. The van der Waals surface area contributed by atoms with Gasteiger partial charge in [-0.1, -0.05) is 25.5 Å². The van der Waals surface area contributed by atoms with E-state index in [-0.39, 0.29) is 0 Å². The summed E-state index contributed by atoms with van der Waals surface area (Å²) in [6, 6.07) is 10.1. The minimum absolute atomic E-state index is 0.423. The standard InChI is InChI=1S/C14H16N4/c1-3-5-13-12(9-15)14(16)18(17-13)11-7-4-6-10(2)8-11/h4,6-8H,3,5,16H2,1-2H3. The lowest BCUT2D eigenvalue weighted by atomic mass is 10.1. The van der Waals surface area contributed by atoms with Crippen molar-refractivity contribution in [3.05, 3.63) is 41.1 Å². The number of hydrogen-bond donors (Lipinski definition) is 1. The summed E-state index contributed by atoms with van der Waals surface area (Å²) in [6.07, 6.45) is 1.71. The zero-order chi connectivity index (χ0) is 13.1. The predicted molar refractivity (Wildman–Crippen MR) is 71.4 cm³/mol. The van der Waals surface area contributed by atoms with Crippen LogP contribution in [-0.4, -0.2) is 9.78 Å². The van der Waals surface area contributed by atoms with Crippen molar-refractivity contribution >= 4 is 5.82 Å². The van der Waals surface area contributed by atoms with Crippen molar-refractivity contribution in [3.63, 3.8) is 0 Å². The van der Waals surface area contributed by atoms with E-state index in [1.165, 1.54) is 0 Å². The topological polar surface area (TPSA) is 67.6 Å². The predicted octanol–water partition coefficient (Wildman–Crippen LogP) is 2.59. The van der Waals surface area contributed by atoms with E-state index in [0.717, 1.165) is 29.8 Å². The zero-order valence-corrected chi connectivity index (χ0v) is 10.6. The van der Waals surface area contributed by atoms with Crippen LogP contribution < -0.4 is 5.73 Å². The molecule has 0 aliphatic carbocycles. The number of benzene rings is 1. The summed E-state index contributed by atoms with van der Waals surface area (Å²) in [4.78, 5) is 0. The molecule has 0 radical (unpaired) electrons. The lowest BCUT2D eigenvalue weighted by molar-refractivity contribution is 0.810. The van der Waals surface area contributed by atoms with Gasteiger partial charge in [0.1, 0.15) is 17.5 Å². The highest BCUT2D eigenvalue weighted by Crippen LogP contribution is 2.21. The fourth-order valence-electron chi connectivity index (χ4n) is 1.97. The fourth-order valence-corrected chi connectivity index (χ4v) is 1.97. The molecule has 2 aromatic rings. The monoisotopic (exact) mass is 240 g/mol. The second-order valence-electron chi connectivity index (χ2n) is 4.32. The van der Waals surface area contributed by atoms with Gasteiger partial charge in [-0.2, -0.15) is 10.4 Å². The number of nitrogen functional groups attached to an aromatic ring is 1. The van der Waals surface area contributed by atoms with Crippen molar-refractivity contribution in [2.24, 2.45) is 0 Å². The molecule has 0 aliphatic heterocycles. The SMILES string of the molecule is CCCc1nn(-c2cccc(C)c2)c(N)c1C#N. The van der Waals surface area contributed by atoms with Crippen molar-refractivity contribution in [1.82, 2.24) is 9.78 Å². The molecule has 0 amide bonds. The lowest BCUT2D eigenvalue weighted by Gasteiger charge is -2.04. The first-order valence-electron chi connectivity index (χ1n) is 6.02. The van der Waals surface area contributed by atoms with Crippen LogP contribution >= 0.6 is 0 Å². The highest BCUT2D eigenvalue weighted by Gasteiger charge is 2.15. The number of nitrogens with zero attached hydrogens (tertiary/aromatic N) is 3. The maximum atomic E-state index is 9.16. The molecule has 0 saturated carbocycles. The van der Waals surface area contributed by atoms with Crippen molar-refractivity contribution < 1.29 is 0 Å². The Hall–Kier alpha value is -2.28. The average molecular weight is 240 g/mol. The van der Waals surface area contributed by atoms with Gasteiger partial charge in [0.25, 0.3) is 0 Å². The van der Waals surface area contributed by atoms with Crippen molar-refractivity contribution in [1.29, 1.82) is 5.26 Å². The highest BCUT2D eigenvalue weighted by atomic mass is 15.3. The maximum absolute atomic E-state index is 9.16. The van der Waals surface area contributed by atoms with E-state index in [4.69, 9.17) is 11.0 Å². The van der Waals surface area contributed by atoms with Crippen LogP contribution in [0.1, 0.15) is 30.2 Å². The number of nitrogens with two attached hydrogens (primary N) is 1. The molecule has 1 heterocycles. The van der Waals surface area contributed by atoms with E-state index in [1.54, 1.807) is 4.68 Å². The zero-order valence-electron chi connectivity index (χ0n) is 10.6. The summed E-state index contributed by atoms with van der Waals surface area (Å²) in [5.74, 6) is 0.423. The number of aromatic nitrogens is 2. The van der Waals surface area contributed by atoms with E-state index < -0.39 is 0 Å². The molecular weight excluding hydrogens is 224 g/mol. The number of rotatable bonds is 3. The Morgan fingerprint density at radius 1 is 1.44 bits per heavy atom. The van der Waals surface area contributed by atoms with Gasteiger partial charge in [-0.05, 0) is 31.0 Å². The van der Waals surface area contributed by atoms with Crippen molar-refractivity contribution in [3.8, 4) is 11.8 Å². The Balaban J connectivity index is 2.56. The van der Waals surface area contributed by atoms with E-state index in [2.05, 4.69) is 18.1 Å². The van der Waals surface area contributed by atoms with E-state index in [9.17, 15) is 0 Å². The minimum atomic E-state index is 0.423. The number of anilines is 1. The molecule has 0 fully saturated rings. The molecule has 0 bridgehead atoms. The van der Waals surface area contributed by atoms with Gasteiger partial charge in [0.2, 0.25) is 0 Å². The van der Waals surface area contributed by atoms with Crippen molar-refractivity contribution in [2.45, 2.75) is 26.7 Å². The molecule has 18 heavy (non-hydrogen) atoms. The number of nitriles is 1. The van der Waals surface area contributed by atoms with Crippen LogP contribution in [-0.2, 0) is 6.42 Å². The highest BCUT2D eigenvalue weighted by molar-refractivity contribution is 5.56. The molecule has 4 heteroatoms. The molecule has 92 valence electrons. The first-order chi connectivity index (χ1) is 8.67. The molecule has 0 saturated heterocycles. The van der Waals surface area contributed by atoms with Crippen LogP contribution in [0.3, 0.4) is 0 Å². The summed E-state index contributed by atoms with van der Waals surface area (Å²) in [5, 5.41) is 13.6. The van der Waals surface area contributed by atoms with E-state index in [0.29, 0.717) is 11.4 Å². The first-order valence-corrected chi connectivity index (χ1v) is 6.02. The van der Waals surface area contributed by atoms with Crippen molar-refractivity contribution in [2.75, 3.05) is 5.73 Å². The van der Waals surface area contributed by atoms with Gasteiger partial charge >= 0.3 is 0 Å². The summed E-state index contributed by atoms with van der Waals surface area (Å²) in [7, 11) is 0. The number of aryl methyl sites for hydroxylation is 2. The summed E-state index contributed by atoms with van der Waals surface area (Å²) < 4.78 is 1.65. The lowest BCUT2D eigenvalue weighted by Crippen LogP contribution is -2.02. The van der Waals surface area contributed by atoms with Crippen LogP contribution in [0, 0.1) is 18.3 Å². The molecule has 0 atom stereocenters. The van der Waals surface area contributed by atoms with Crippen LogP contribution in [0.5, 0.6) is 0 Å². The first kappa shape index (κ1) is 12.2. The minimum Gasteiger partial charge on any atom is -0.382 e. The Bertz CT molecular complexity index is 605. The molecule has 0 unspecified atom stereocenters. The molecule has 1 aromatic heterocycles. The molecule has 1 aromatic carbocycles. The third-order valence-electron chi connectivity index (χ3n) is 2.84. The maximum Gasteiger partial charge on any atom is 0.145 e. The largest absolute Gasteiger partial charge is 0.382 e. The quantitative estimate of drug-likeness (QED) is 0.896. The fraction of sp³-hybridized carbons (Fsp3) is 0.286. The van der Waals surface area contributed by atoms with Gasteiger partial charge in [0.05, 0.1) is 11.4 Å². The smallest absolute Gasteiger partial charge is 0.145 e. The number of hydrogen-bond acceptors (Lipinski definition) is 3. The van der Waals surface area contributed by atoms with Crippen LogP contribution in [0.25, 0.3) is 5.69 Å². The van der Waals surface area contributed by atoms with E-state index in [1.807, 2.05) is 31.2 Å². The van der Waals surface area contributed by atoms with Gasteiger partial charge in [0.15, 0.2) is 0 Å². The molecule has 0 aliphatic rings. The Labute approximate surface area is 107 Å². The van der Waals surface area contributed by atoms with Crippen LogP contribution in [0.4, 0.5) is 5.82 Å².